The van der Waals surface area contributed by atoms with Crippen LogP contribution in [0, 0.1) is 17.5 Å². The van der Waals surface area contributed by atoms with Crippen molar-refractivity contribution in [2.24, 2.45) is 0 Å². The minimum atomic E-state index is -1.19. The molecular weight excluding hydrogens is 385 g/mol. The molecule has 2 unspecified atom stereocenters. The fourth-order valence-corrected chi connectivity index (χ4v) is 3.25. The van der Waals surface area contributed by atoms with Gasteiger partial charge >= 0.3 is 0 Å². The maximum Gasteiger partial charge on any atom is 0.201 e. The number of halogens is 3. The first kappa shape index (κ1) is 19.4. The third kappa shape index (κ3) is 3.72. The molecule has 0 bridgehead atoms. The minimum Gasteiger partial charge on any atom is -0.494 e. The Morgan fingerprint density at radius 1 is 1.03 bits per heavy atom. The van der Waals surface area contributed by atoms with Crippen molar-refractivity contribution in [2.45, 2.75) is 32.0 Å². The van der Waals surface area contributed by atoms with E-state index in [-0.39, 0.29) is 46.7 Å². The Hall–Kier alpha value is -2.87. The Balaban J connectivity index is 1.69. The molecule has 2 heterocycles. The van der Waals surface area contributed by atoms with Crippen LogP contribution in [0.15, 0.2) is 30.6 Å². The quantitative estimate of drug-likeness (QED) is 0.536. The zero-order valence-electron chi connectivity index (χ0n) is 15.9. The average molecular weight is 404 g/mol. The van der Waals surface area contributed by atoms with Gasteiger partial charge < -0.3 is 14.2 Å². The fourth-order valence-electron chi connectivity index (χ4n) is 3.25. The third-order valence-corrected chi connectivity index (χ3v) is 4.86. The third-order valence-electron chi connectivity index (χ3n) is 4.86. The SMILES string of the molecule is CCCC1OC1COc1c(F)c(F)cc2c(F)c(-c3ncc(OC)cn3)ccc12. The molecule has 0 saturated carbocycles. The molecule has 0 N–H and O–H groups in total. The summed E-state index contributed by atoms with van der Waals surface area (Å²) in [6, 6.07) is 3.70. The Morgan fingerprint density at radius 2 is 1.79 bits per heavy atom. The van der Waals surface area contributed by atoms with Gasteiger partial charge in [-0.2, -0.15) is 4.39 Å². The highest BCUT2D eigenvalue weighted by molar-refractivity contribution is 5.92. The van der Waals surface area contributed by atoms with E-state index in [9.17, 15) is 8.78 Å². The average Bonchev–Trinajstić information content (AvgIpc) is 3.47. The molecule has 2 aromatic carbocycles. The molecule has 0 aliphatic carbocycles. The lowest BCUT2D eigenvalue weighted by atomic mass is 10.0. The summed E-state index contributed by atoms with van der Waals surface area (Å²) in [6.45, 7) is 2.11. The number of hydrogen-bond acceptors (Lipinski definition) is 5. The van der Waals surface area contributed by atoms with Gasteiger partial charge in [-0.3, -0.25) is 0 Å². The van der Waals surface area contributed by atoms with E-state index in [2.05, 4.69) is 9.97 Å². The summed E-state index contributed by atoms with van der Waals surface area (Å²) in [5.41, 5.74) is 0.0608. The van der Waals surface area contributed by atoms with Gasteiger partial charge in [-0.15, -0.1) is 0 Å². The molecule has 1 fully saturated rings. The maximum atomic E-state index is 15.1. The molecule has 1 aliphatic rings. The largest absolute Gasteiger partial charge is 0.494 e. The van der Waals surface area contributed by atoms with Crippen LogP contribution in [0.4, 0.5) is 13.2 Å². The van der Waals surface area contributed by atoms with Crippen molar-refractivity contribution in [3.05, 3.63) is 48.0 Å². The van der Waals surface area contributed by atoms with Gasteiger partial charge in [0.2, 0.25) is 5.82 Å². The summed E-state index contributed by atoms with van der Waals surface area (Å²) in [5, 5.41) is 0.0176. The predicted molar refractivity (Wildman–Crippen MR) is 100 cm³/mol. The van der Waals surface area contributed by atoms with Crippen LogP contribution >= 0.6 is 0 Å². The fraction of sp³-hybridized carbons (Fsp3) is 0.333. The van der Waals surface area contributed by atoms with Gasteiger partial charge in [-0.05, 0) is 24.6 Å². The summed E-state index contributed by atoms with van der Waals surface area (Å²) in [4.78, 5) is 8.10. The zero-order chi connectivity index (χ0) is 20.5. The highest BCUT2D eigenvalue weighted by Gasteiger charge is 2.38. The standard InChI is InChI=1S/C21H19F3N2O3/c1-3-4-16-17(29-16)10-28-20-12-5-6-13(21-25-8-11(27-2)9-26-21)18(23)14(12)7-15(22)19(20)24/h5-9,16-17H,3-4,10H2,1-2H3. The molecule has 3 aromatic rings. The molecule has 29 heavy (non-hydrogen) atoms. The number of nitrogens with zero attached hydrogens (tertiary/aromatic N) is 2. The van der Waals surface area contributed by atoms with Crippen molar-refractivity contribution in [3.63, 3.8) is 0 Å². The first-order valence-corrected chi connectivity index (χ1v) is 9.28. The van der Waals surface area contributed by atoms with Crippen LogP contribution in [0.2, 0.25) is 0 Å². The van der Waals surface area contributed by atoms with Crippen LogP contribution in [0.3, 0.4) is 0 Å². The van der Waals surface area contributed by atoms with Gasteiger partial charge in [0.1, 0.15) is 18.5 Å². The molecule has 1 aromatic heterocycles. The Labute approximate surface area is 165 Å². The maximum absolute atomic E-state index is 15.1. The van der Waals surface area contributed by atoms with Crippen molar-refractivity contribution >= 4 is 10.8 Å². The van der Waals surface area contributed by atoms with Crippen molar-refractivity contribution in [2.75, 3.05) is 13.7 Å². The lowest BCUT2D eigenvalue weighted by Gasteiger charge is -2.12. The summed E-state index contributed by atoms with van der Waals surface area (Å²) >= 11 is 0. The number of benzene rings is 2. The van der Waals surface area contributed by atoms with Gasteiger partial charge in [-0.25, -0.2) is 18.7 Å². The van der Waals surface area contributed by atoms with E-state index in [1.165, 1.54) is 31.6 Å². The van der Waals surface area contributed by atoms with Crippen LogP contribution in [-0.2, 0) is 4.74 Å². The van der Waals surface area contributed by atoms with Crippen molar-refractivity contribution < 1.29 is 27.4 Å². The first-order valence-electron chi connectivity index (χ1n) is 9.28. The minimum absolute atomic E-state index is 0.0608. The van der Waals surface area contributed by atoms with Gasteiger partial charge in [0.15, 0.2) is 23.1 Å². The summed E-state index contributed by atoms with van der Waals surface area (Å²) in [7, 11) is 1.46. The lowest BCUT2D eigenvalue weighted by molar-refractivity contribution is 0.251. The molecule has 8 heteroatoms. The van der Waals surface area contributed by atoms with Crippen molar-refractivity contribution in [3.8, 4) is 22.9 Å². The number of aromatic nitrogens is 2. The van der Waals surface area contributed by atoms with Gasteiger partial charge in [0, 0.05) is 10.8 Å². The monoisotopic (exact) mass is 404 g/mol. The molecule has 5 nitrogen and oxygen atoms in total. The summed E-state index contributed by atoms with van der Waals surface area (Å²) in [5.74, 6) is -2.91. The predicted octanol–water partition coefficient (Wildman–Crippen LogP) is 4.67. The van der Waals surface area contributed by atoms with Gasteiger partial charge in [0.25, 0.3) is 0 Å². The molecule has 2 atom stereocenters. The van der Waals surface area contributed by atoms with Crippen LogP contribution in [0.5, 0.6) is 11.5 Å². The molecule has 0 radical (unpaired) electrons. The number of fused-ring (bicyclic) bond motifs is 1. The molecule has 4 rings (SSSR count). The van der Waals surface area contributed by atoms with E-state index in [1.807, 2.05) is 6.92 Å². The number of hydrogen-bond donors (Lipinski definition) is 0. The first-order chi connectivity index (χ1) is 14.0. The number of ether oxygens (including phenoxy) is 3. The van der Waals surface area contributed by atoms with Crippen LogP contribution in [-0.4, -0.2) is 35.9 Å². The van der Waals surface area contributed by atoms with E-state index in [0.717, 1.165) is 18.9 Å². The van der Waals surface area contributed by atoms with E-state index in [1.54, 1.807) is 0 Å². The zero-order valence-corrected chi connectivity index (χ0v) is 15.9. The lowest BCUT2D eigenvalue weighted by Crippen LogP contribution is -2.09. The molecule has 1 aliphatic heterocycles. The second-order valence-corrected chi connectivity index (χ2v) is 6.78. The normalized spacial score (nSPS) is 18.1. The van der Waals surface area contributed by atoms with Crippen LogP contribution in [0.25, 0.3) is 22.2 Å². The highest BCUT2D eigenvalue weighted by Crippen LogP contribution is 2.37. The molecule has 1 saturated heterocycles. The Bertz CT molecular complexity index is 1040. The summed E-state index contributed by atoms with van der Waals surface area (Å²) in [6.07, 6.45) is 4.53. The molecular formula is C21H19F3N2O3. The van der Waals surface area contributed by atoms with E-state index in [0.29, 0.717) is 5.75 Å². The topological polar surface area (TPSA) is 56.8 Å². The molecule has 0 spiro atoms. The van der Waals surface area contributed by atoms with E-state index in [4.69, 9.17) is 14.2 Å². The highest BCUT2D eigenvalue weighted by atomic mass is 19.2. The second-order valence-electron chi connectivity index (χ2n) is 6.78. The van der Waals surface area contributed by atoms with Crippen molar-refractivity contribution in [1.29, 1.82) is 0 Å². The number of rotatable bonds is 7. The Kier molecular flexibility index (Phi) is 5.27. The van der Waals surface area contributed by atoms with E-state index < -0.39 is 17.5 Å². The molecule has 152 valence electrons. The number of epoxide rings is 1. The van der Waals surface area contributed by atoms with E-state index >= 15 is 4.39 Å². The van der Waals surface area contributed by atoms with Gasteiger partial charge in [0.05, 0.1) is 31.2 Å². The second kappa shape index (κ2) is 7.87. The van der Waals surface area contributed by atoms with Crippen LogP contribution in [0.1, 0.15) is 19.8 Å². The smallest absolute Gasteiger partial charge is 0.201 e. The molecule has 0 amide bonds. The number of methoxy groups -OCH3 is 1. The van der Waals surface area contributed by atoms with Crippen LogP contribution < -0.4 is 9.47 Å². The summed E-state index contributed by atoms with van der Waals surface area (Å²) < 4.78 is 59.6. The Morgan fingerprint density at radius 3 is 2.48 bits per heavy atom. The van der Waals surface area contributed by atoms with Crippen molar-refractivity contribution in [1.82, 2.24) is 9.97 Å². The van der Waals surface area contributed by atoms with Gasteiger partial charge in [-0.1, -0.05) is 13.3 Å².